The van der Waals surface area contributed by atoms with Crippen molar-refractivity contribution in [3.63, 3.8) is 0 Å². The molecule has 1 amide bonds. The molecule has 1 heterocycles. The van der Waals surface area contributed by atoms with E-state index in [0.29, 0.717) is 22.0 Å². The van der Waals surface area contributed by atoms with E-state index in [-0.39, 0.29) is 22.0 Å². The highest BCUT2D eigenvalue weighted by molar-refractivity contribution is 7.71. The number of aromatic amines is 2. The Morgan fingerprint density at radius 2 is 2.00 bits per heavy atom. The van der Waals surface area contributed by atoms with Crippen molar-refractivity contribution >= 4 is 29.0 Å². The monoisotopic (exact) mass is 373 g/mol. The molecular weight excluding hydrogens is 357 g/mol. The molecule has 0 fully saturated rings. The summed E-state index contributed by atoms with van der Waals surface area (Å²) in [6.45, 7) is 1.75. The quantitative estimate of drug-likeness (QED) is 0.613. The molecule has 0 aliphatic carbocycles. The number of aromatic nitrogens is 2. The molecule has 0 radical (unpaired) electrons. The topological polar surface area (TPSA) is 87.0 Å². The average Bonchev–Trinajstić information content (AvgIpc) is 2.60. The van der Waals surface area contributed by atoms with Gasteiger partial charge in [-0.15, -0.1) is 0 Å². The van der Waals surface area contributed by atoms with Crippen LogP contribution in [0.2, 0.25) is 0 Å². The Kier molecular flexibility index (Phi) is 4.85. The standard InChI is InChI=1S/C18H16FN3O3S/c1-9(10-4-6-15(25-2)13(19)7-10)20-16(23)11-3-5-12-14(8-11)21-18(26)22-17(12)24/h3-9H,1-2H3,(H,20,23)(H2,21,22,24,26). The van der Waals surface area contributed by atoms with Gasteiger partial charge in [-0.2, -0.15) is 0 Å². The molecule has 134 valence electrons. The Hall–Kier alpha value is -3.00. The van der Waals surface area contributed by atoms with Crippen molar-refractivity contribution in [1.29, 1.82) is 0 Å². The summed E-state index contributed by atoms with van der Waals surface area (Å²) in [5.74, 6) is -0.707. The molecule has 3 N–H and O–H groups in total. The van der Waals surface area contributed by atoms with Crippen LogP contribution in [0.5, 0.6) is 5.75 Å². The number of carbonyl (C=O) groups excluding carboxylic acids is 1. The van der Waals surface area contributed by atoms with E-state index >= 15 is 0 Å². The minimum absolute atomic E-state index is 0.141. The number of H-pyrrole nitrogens is 2. The number of halogens is 1. The molecule has 0 spiro atoms. The van der Waals surface area contributed by atoms with Gasteiger partial charge < -0.3 is 15.0 Å². The van der Waals surface area contributed by atoms with Crippen molar-refractivity contribution in [3.8, 4) is 5.75 Å². The number of hydrogen-bond donors (Lipinski definition) is 3. The van der Waals surface area contributed by atoms with E-state index < -0.39 is 11.9 Å². The highest BCUT2D eigenvalue weighted by Gasteiger charge is 2.14. The third kappa shape index (κ3) is 3.50. The van der Waals surface area contributed by atoms with E-state index in [0.717, 1.165) is 0 Å². The van der Waals surface area contributed by atoms with Crippen molar-refractivity contribution in [2.45, 2.75) is 13.0 Å². The number of benzene rings is 2. The fourth-order valence-corrected chi connectivity index (χ4v) is 2.83. The van der Waals surface area contributed by atoms with Crippen LogP contribution in [0.25, 0.3) is 10.9 Å². The summed E-state index contributed by atoms with van der Waals surface area (Å²) >= 11 is 4.95. The first-order valence-corrected chi connectivity index (χ1v) is 8.20. The predicted molar refractivity (Wildman–Crippen MR) is 98.6 cm³/mol. The zero-order valence-electron chi connectivity index (χ0n) is 14.1. The lowest BCUT2D eigenvalue weighted by atomic mass is 10.1. The van der Waals surface area contributed by atoms with Gasteiger partial charge >= 0.3 is 0 Å². The second kappa shape index (κ2) is 7.09. The number of nitrogens with one attached hydrogen (secondary N) is 3. The van der Waals surface area contributed by atoms with E-state index in [9.17, 15) is 14.0 Å². The molecule has 0 aliphatic rings. The van der Waals surface area contributed by atoms with Crippen molar-refractivity contribution in [1.82, 2.24) is 15.3 Å². The summed E-state index contributed by atoms with van der Waals surface area (Å²) in [6, 6.07) is 8.74. The Bertz CT molecular complexity index is 1110. The first-order valence-electron chi connectivity index (χ1n) is 7.79. The second-order valence-corrected chi connectivity index (χ2v) is 6.17. The summed E-state index contributed by atoms with van der Waals surface area (Å²) in [4.78, 5) is 29.7. The molecule has 8 heteroatoms. The number of fused-ring (bicyclic) bond motifs is 1. The van der Waals surface area contributed by atoms with Gasteiger partial charge in [-0.25, -0.2) is 4.39 Å². The molecule has 0 aliphatic heterocycles. The fourth-order valence-electron chi connectivity index (χ4n) is 2.63. The van der Waals surface area contributed by atoms with E-state index in [1.54, 1.807) is 31.2 Å². The Morgan fingerprint density at radius 1 is 1.23 bits per heavy atom. The SMILES string of the molecule is COc1ccc(C(C)NC(=O)c2ccc3c(=O)[nH]c(=S)[nH]c3c2)cc1F. The van der Waals surface area contributed by atoms with Crippen LogP contribution in [-0.4, -0.2) is 23.0 Å². The van der Waals surface area contributed by atoms with E-state index in [1.807, 2.05) is 0 Å². The molecule has 0 saturated heterocycles. The maximum absolute atomic E-state index is 13.8. The van der Waals surface area contributed by atoms with E-state index in [2.05, 4.69) is 15.3 Å². The van der Waals surface area contributed by atoms with Crippen LogP contribution in [-0.2, 0) is 0 Å². The normalized spacial score (nSPS) is 12.0. The summed E-state index contributed by atoms with van der Waals surface area (Å²) < 4.78 is 18.9. The number of carbonyl (C=O) groups is 1. The van der Waals surface area contributed by atoms with Crippen LogP contribution < -0.4 is 15.6 Å². The molecular formula is C18H16FN3O3S. The maximum atomic E-state index is 13.8. The van der Waals surface area contributed by atoms with Crippen LogP contribution in [0, 0.1) is 10.6 Å². The van der Waals surface area contributed by atoms with Gasteiger partial charge in [0.1, 0.15) is 0 Å². The molecule has 6 nitrogen and oxygen atoms in total. The van der Waals surface area contributed by atoms with Gasteiger partial charge in [-0.3, -0.25) is 14.6 Å². The van der Waals surface area contributed by atoms with E-state index in [4.69, 9.17) is 17.0 Å². The van der Waals surface area contributed by atoms with Gasteiger partial charge in [-0.1, -0.05) is 6.07 Å². The third-order valence-electron chi connectivity index (χ3n) is 4.03. The second-order valence-electron chi connectivity index (χ2n) is 5.76. The number of rotatable bonds is 4. The highest BCUT2D eigenvalue weighted by Crippen LogP contribution is 2.22. The molecule has 1 atom stereocenters. The van der Waals surface area contributed by atoms with Gasteiger partial charge in [0.15, 0.2) is 16.3 Å². The molecule has 26 heavy (non-hydrogen) atoms. The average molecular weight is 373 g/mol. The first kappa shape index (κ1) is 17.8. The lowest BCUT2D eigenvalue weighted by Gasteiger charge is -2.15. The van der Waals surface area contributed by atoms with Gasteiger partial charge in [-0.05, 0) is 55.0 Å². The molecule has 2 aromatic carbocycles. The summed E-state index contributed by atoms with van der Waals surface area (Å²) in [6.07, 6.45) is 0. The minimum atomic E-state index is -0.497. The Balaban J connectivity index is 1.85. The number of hydrogen-bond acceptors (Lipinski definition) is 4. The molecule has 3 rings (SSSR count). The fraction of sp³-hybridized carbons (Fsp3) is 0.167. The van der Waals surface area contributed by atoms with Gasteiger partial charge in [0.2, 0.25) is 0 Å². The lowest BCUT2D eigenvalue weighted by Crippen LogP contribution is -2.26. The molecule has 3 aromatic rings. The Morgan fingerprint density at radius 3 is 2.69 bits per heavy atom. The smallest absolute Gasteiger partial charge is 0.259 e. The van der Waals surface area contributed by atoms with Crippen LogP contribution in [0.3, 0.4) is 0 Å². The molecule has 0 bridgehead atoms. The van der Waals surface area contributed by atoms with Gasteiger partial charge in [0, 0.05) is 5.56 Å². The van der Waals surface area contributed by atoms with Crippen molar-refractivity contribution in [3.05, 3.63) is 68.5 Å². The Labute approximate surface area is 153 Å². The summed E-state index contributed by atoms with van der Waals surface area (Å²) in [5, 5.41) is 3.20. The van der Waals surface area contributed by atoms with Crippen molar-refractivity contribution in [2.75, 3.05) is 7.11 Å². The first-order chi connectivity index (χ1) is 12.4. The van der Waals surface area contributed by atoms with Crippen LogP contribution in [0.4, 0.5) is 4.39 Å². The van der Waals surface area contributed by atoms with Crippen molar-refractivity contribution < 1.29 is 13.9 Å². The highest BCUT2D eigenvalue weighted by atomic mass is 32.1. The van der Waals surface area contributed by atoms with Crippen LogP contribution >= 0.6 is 12.2 Å². The van der Waals surface area contributed by atoms with Gasteiger partial charge in [0.25, 0.3) is 11.5 Å². The van der Waals surface area contributed by atoms with Crippen LogP contribution in [0.15, 0.2) is 41.2 Å². The predicted octanol–water partition coefficient (Wildman–Crippen LogP) is 3.22. The van der Waals surface area contributed by atoms with Gasteiger partial charge in [0.05, 0.1) is 24.1 Å². The summed E-state index contributed by atoms with van der Waals surface area (Å²) in [5.41, 5.74) is 1.11. The minimum Gasteiger partial charge on any atom is -0.494 e. The molecule has 0 saturated carbocycles. The largest absolute Gasteiger partial charge is 0.494 e. The number of ether oxygens (including phenoxy) is 1. The summed E-state index contributed by atoms with van der Waals surface area (Å²) in [7, 11) is 1.39. The zero-order valence-corrected chi connectivity index (χ0v) is 14.9. The number of methoxy groups -OCH3 is 1. The zero-order chi connectivity index (χ0) is 18.8. The third-order valence-corrected chi connectivity index (χ3v) is 4.23. The number of amides is 1. The molecule has 1 unspecified atom stereocenters. The molecule has 1 aromatic heterocycles. The van der Waals surface area contributed by atoms with Crippen LogP contribution in [0.1, 0.15) is 28.9 Å². The maximum Gasteiger partial charge on any atom is 0.259 e. The van der Waals surface area contributed by atoms with E-state index in [1.165, 1.54) is 19.2 Å². The van der Waals surface area contributed by atoms with Crippen molar-refractivity contribution in [2.24, 2.45) is 0 Å². The lowest BCUT2D eigenvalue weighted by molar-refractivity contribution is 0.0940.